The van der Waals surface area contributed by atoms with Gasteiger partial charge in [-0.05, 0) is 69.4 Å². The Balaban J connectivity index is 3.03. The van der Waals surface area contributed by atoms with Crippen LogP contribution in [0.5, 0.6) is 0 Å². The zero-order valence-electron chi connectivity index (χ0n) is 13.8. The molecule has 0 saturated carbocycles. The molecule has 2 aromatic heterocycles. The van der Waals surface area contributed by atoms with Crippen molar-refractivity contribution in [2.75, 3.05) is 14.2 Å². The van der Waals surface area contributed by atoms with Gasteiger partial charge in [0.05, 0.1) is 11.1 Å². The maximum Gasteiger partial charge on any atom is 0.511 e. The summed E-state index contributed by atoms with van der Waals surface area (Å²) in [5.74, 6) is 0. The van der Waals surface area contributed by atoms with Gasteiger partial charge in [0, 0.05) is 19.9 Å². The number of rotatable bonds is 3. The molecule has 0 saturated heterocycles. The Hall–Kier alpha value is -1.26. The average Bonchev–Trinajstić information content (AvgIpc) is 2.66. The van der Waals surface area contributed by atoms with Crippen LogP contribution in [0, 0.1) is 41.5 Å². The molecule has 0 unspecified atom stereocenters. The Morgan fingerprint density at radius 1 is 0.700 bits per heavy atom. The largest absolute Gasteiger partial charge is 0.511 e. The lowest BCUT2D eigenvalue weighted by Crippen LogP contribution is -2.42. The van der Waals surface area contributed by atoms with Gasteiger partial charge in [0.1, 0.15) is 0 Å². The average molecular weight is 273 g/mol. The molecule has 3 nitrogen and oxygen atoms in total. The molecule has 0 N–H and O–H groups in total. The highest BCUT2D eigenvalue weighted by Crippen LogP contribution is 2.27. The first kappa shape index (κ1) is 15.1. The second-order valence-electron chi connectivity index (χ2n) is 5.58. The predicted molar refractivity (Wildman–Crippen MR) is 85.2 cm³/mol. The Morgan fingerprint density at radius 3 is 1.70 bits per heavy atom. The summed E-state index contributed by atoms with van der Waals surface area (Å²) in [6.45, 7) is 13.1. The standard InChI is InChI=1S/C16H24BNO2/c1-9-11(3)15-12(4)10(2)14(6)18(15)16(13(9)5)17(19-7)20-8/h1-8H3. The van der Waals surface area contributed by atoms with Crippen molar-refractivity contribution in [2.24, 2.45) is 0 Å². The van der Waals surface area contributed by atoms with E-state index in [9.17, 15) is 0 Å². The van der Waals surface area contributed by atoms with Crippen molar-refractivity contribution in [1.29, 1.82) is 0 Å². The van der Waals surface area contributed by atoms with Crippen LogP contribution >= 0.6 is 0 Å². The van der Waals surface area contributed by atoms with Gasteiger partial charge >= 0.3 is 7.12 Å². The van der Waals surface area contributed by atoms with Crippen molar-refractivity contribution in [1.82, 2.24) is 4.40 Å². The molecule has 0 fully saturated rings. The van der Waals surface area contributed by atoms with Gasteiger partial charge < -0.3 is 13.7 Å². The Morgan fingerprint density at radius 2 is 1.20 bits per heavy atom. The minimum absolute atomic E-state index is 0.346. The highest BCUT2D eigenvalue weighted by molar-refractivity contribution is 6.61. The maximum atomic E-state index is 5.53. The Kier molecular flexibility index (Phi) is 3.98. The van der Waals surface area contributed by atoms with Crippen LogP contribution in [-0.2, 0) is 9.31 Å². The molecule has 108 valence electrons. The summed E-state index contributed by atoms with van der Waals surface area (Å²) in [4.78, 5) is 0. The van der Waals surface area contributed by atoms with Crippen LogP contribution < -0.4 is 5.59 Å². The van der Waals surface area contributed by atoms with Crippen LogP contribution in [0.1, 0.15) is 33.5 Å². The van der Waals surface area contributed by atoms with E-state index in [1.165, 1.54) is 39.0 Å². The molecule has 2 aromatic rings. The summed E-state index contributed by atoms with van der Waals surface area (Å²) in [6.07, 6.45) is 0. The quantitative estimate of drug-likeness (QED) is 0.802. The Labute approximate surface area is 122 Å². The second kappa shape index (κ2) is 5.26. The third-order valence-electron chi connectivity index (χ3n) is 4.78. The number of aromatic nitrogens is 1. The summed E-state index contributed by atoms with van der Waals surface area (Å²) < 4.78 is 13.4. The molecule has 0 aliphatic rings. The molecule has 4 heteroatoms. The normalized spacial score (nSPS) is 11.4. The van der Waals surface area contributed by atoms with Crippen LogP contribution in [0.2, 0.25) is 0 Å². The third kappa shape index (κ3) is 1.90. The summed E-state index contributed by atoms with van der Waals surface area (Å²) in [5, 5.41) is 0. The molecule has 0 amide bonds. The molecule has 0 aromatic carbocycles. The van der Waals surface area contributed by atoms with E-state index in [0.717, 1.165) is 5.59 Å². The monoisotopic (exact) mass is 273 g/mol. The van der Waals surface area contributed by atoms with Crippen molar-refractivity contribution in [3.8, 4) is 0 Å². The van der Waals surface area contributed by atoms with Crippen molar-refractivity contribution < 1.29 is 9.31 Å². The minimum atomic E-state index is -0.346. The number of fused-ring (bicyclic) bond motifs is 1. The summed E-state index contributed by atoms with van der Waals surface area (Å²) in [6, 6.07) is 0. The number of hydrogen-bond acceptors (Lipinski definition) is 2. The van der Waals surface area contributed by atoms with Gasteiger partial charge in [-0.15, -0.1) is 0 Å². The number of nitrogens with zero attached hydrogens (tertiary/aromatic N) is 1. The van der Waals surface area contributed by atoms with Crippen LogP contribution in [0.3, 0.4) is 0 Å². The van der Waals surface area contributed by atoms with Crippen molar-refractivity contribution >= 4 is 18.2 Å². The predicted octanol–water partition coefficient (Wildman–Crippen LogP) is 2.78. The molecular weight excluding hydrogens is 249 g/mol. The summed E-state index contributed by atoms with van der Waals surface area (Å²) in [5.41, 5.74) is 10.2. The third-order valence-corrected chi connectivity index (χ3v) is 4.78. The fourth-order valence-electron chi connectivity index (χ4n) is 3.12. The summed E-state index contributed by atoms with van der Waals surface area (Å²) in [7, 11) is 3.03. The van der Waals surface area contributed by atoms with E-state index in [0.29, 0.717) is 0 Å². The van der Waals surface area contributed by atoms with Crippen LogP contribution in [0.4, 0.5) is 0 Å². The molecule has 0 radical (unpaired) electrons. The topological polar surface area (TPSA) is 22.9 Å². The van der Waals surface area contributed by atoms with E-state index >= 15 is 0 Å². The molecule has 2 rings (SSSR count). The first-order chi connectivity index (χ1) is 9.36. The molecule has 20 heavy (non-hydrogen) atoms. The van der Waals surface area contributed by atoms with Gasteiger partial charge in [-0.3, -0.25) is 0 Å². The molecule has 0 spiro atoms. The zero-order valence-corrected chi connectivity index (χ0v) is 13.8. The van der Waals surface area contributed by atoms with Gasteiger partial charge in [0.2, 0.25) is 0 Å². The molecule has 0 aliphatic heterocycles. The molecular formula is C16H24BNO2. The summed E-state index contributed by atoms with van der Waals surface area (Å²) >= 11 is 0. The van der Waals surface area contributed by atoms with E-state index in [2.05, 4.69) is 45.9 Å². The highest BCUT2D eigenvalue weighted by Gasteiger charge is 2.28. The van der Waals surface area contributed by atoms with Gasteiger partial charge in [-0.2, -0.15) is 0 Å². The number of pyridine rings is 1. The molecule has 0 bridgehead atoms. The highest BCUT2D eigenvalue weighted by atomic mass is 16.6. The van der Waals surface area contributed by atoms with E-state index in [1.807, 2.05) is 0 Å². The van der Waals surface area contributed by atoms with Gasteiger partial charge in [-0.25, -0.2) is 0 Å². The van der Waals surface area contributed by atoms with Crippen molar-refractivity contribution in [3.63, 3.8) is 0 Å². The molecule has 0 atom stereocenters. The maximum absolute atomic E-state index is 5.53. The Bertz CT molecular complexity index is 669. The van der Waals surface area contributed by atoms with E-state index in [-0.39, 0.29) is 7.12 Å². The minimum Gasteiger partial charge on any atom is -0.409 e. The van der Waals surface area contributed by atoms with Crippen LogP contribution in [0.15, 0.2) is 0 Å². The molecule has 0 aliphatic carbocycles. The number of hydrogen-bond donors (Lipinski definition) is 0. The fraction of sp³-hybridized carbons (Fsp3) is 0.500. The van der Waals surface area contributed by atoms with Crippen molar-refractivity contribution in [2.45, 2.75) is 41.5 Å². The van der Waals surface area contributed by atoms with E-state index < -0.39 is 0 Å². The van der Waals surface area contributed by atoms with Crippen LogP contribution in [0.25, 0.3) is 5.52 Å². The first-order valence-electron chi connectivity index (χ1n) is 7.00. The zero-order chi connectivity index (χ0) is 15.2. The second-order valence-corrected chi connectivity index (χ2v) is 5.58. The van der Waals surface area contributed by atoms with E-state index in [1.54, 1.807) is 14.2 Å². The molecule has 2 heterocycles. The number of aryl methyl sites for hydroxylation is 3. The van der Waals surface area contributed by atoms with Gasteiger partial charge in [0.25, 0.3) is 0 Å². The van der Waals surface area contributed by atoms with Gasteiger partial charge in [-0.1, -0.05) is 0 Å². The van der Waals surface area contributed by atoms with Crippen LogP contribution in [-0.4, -0.2) is 25.7 Å². The SMILES string of the molecule is COB(OC)c1c(C)c(C)c(C)c2c(C)c(C)c(C)n12. The fourth-order valence-corrected chi connectivity index (χ4v) is 3.12. The van der Waals surface area contributed by atoms with E-state index in [4.69, 9.17) is 9.31 Å². The van der Waals surface area contributed by atoms with Gasteiger partial charge in [0.15, 0.2) is 0 Å². The first-order valence-corrected chi connectivity index (χ1v) is 7.00. The lowest BCUT2D eigenvalue weighted by Gasteiger charge is -2.20. The lowest BCUT2D eigenvalue weighted by atomic mass is 9.78. The van der Waals surface area contributed by atoms with Crippen molar-refractivity contribution in [3.05, 3.63) is 33.5 Å². The smallest absolute Gasteiger partial charge is 0.409 e. The lowest BCUT2D eigenvalue weighted by molar-refractivity contribution is 0.290.